The number of anilines is 1. The second kappa shape index (κ2) is 9.84. The van der Waals surface area contributed by atoms with Crippen molar-refractivity contribution in [1.82, 2.24) is 15.1 Å². The number of carboxylic acids is 1. The van der Waals surface area contributed by atoms with Gasteiger partial charge in [0.1, 0.15) is 5.75 Å². The molecule has 0 saturated carbocycles. The summed E-state index contributed by atoms with van der Waals surface area (Å²) < 4.78 is 0. The summed E-state index contributed by atoms with van der Waals surface area (Å²) >= 11 is 0. The van der Waals surface area contributed by atoms with Crippen molar-refractivity contribution in [2.24, 2.45) is 5.41 Å². The lowest BCUT2D eigenvalue weighted by Gasteiger charge is -2.46. The fourth-order valence-electron chi connectivity index (χ4n) is 5.60. The summed E-state index contributed by atoms with van der Waals surface area (Å²) in [6, 6.07) is 19.0. The van der Waals surface area contributed by atoms with Crippen molar-refractivity contribution in [2.45, 2.75) is 38.0 Å². The Bertz CT molecular complexity index is 1280. The number of para-hydroxylation sites is 1. The van der Waals surface area contributed by atoms with Gasteiger partial charge in [-0.25, -0.2) is 0 Å². The van der Waals surface area contributed by atoms with E-state index in [1.165, 1.54) is 0 Å². The molecule has 37 heavy (non-hydrogen) atoms. The molecule has 1 amide bonds. The fourth-order valence-corrected chi connectivity index (χ4v) is 5.60. The highest BCUT2D eigenvalue weighted by Gasteiger charge is 2.47. The molecular weight excluding hydrogens is 468 g/mol. The molecule has 0 bridgehead atoms. The number of benzene rings is 2. The molecule has 0 unspecified atom stereocenters. The summed E-state index contributed by atoms with van der Waals surface area (Å²) in [6.45, 7) is 4.01. The SMILES string of the molecule is CC1(C(=O)O)CCN(C(=O)C2(c3ccccc3)CCN(c3cnnc(-c4ccccc4O)c3)CC2)CC1. The molecule has 8 heteroatoms. The van der Waals surface area contributed by atoms with Gasteiger partial charge in [-0.1, -0.05) is 42.5 Å². The molecule has 3 aromatic rings. The smallest absolute Gasteiger partial charge is 0.309 e. The van der Waals surface area contributed by atoms with Gasteiger partial charge in [0.15, 0.2) is 0 Å². The van der Waals surface area contributed by atoms with Crippen LogP contribution >= 0.6 is 0 Å². The second-order valence-electron chi connectivity index (χ2n) is 10.4. The van der Waals surface area contributed by atoms with Crippen LogP contribution in [-0.2, 0) is 15.0 Å². The minimum atomic E-state index is -0.792. The number of carbonyl (C=O) groups excluding carboxylic acids is 1. The van der Waals surface area contributed by atoms with Gasteiger partial charge in [-0.15, -0.1) is 0 Å². The van der Waals surface area contributed by atoms with Crippen LogP contribution in [0.15, 0.2) is 66.9 Å². The van der Waals surface area contributed by atoms with Crippen LogP contribution in [0.2, 0.25) is 0 Å². The van der Waals surface area contributed by atoms with Gasteiger partial charge in [-0.2, -0.15) is 10.2 Å². The Labute approximate surface area is 216 Å². The van der Waals surface area contributed by atoms with Gasteiger partial charge in [-0.3, -0.25) is 9.59 Å². The summed E-state index contributed by atoms with van der Waals surface area (Å²) in [5, 5.41) is 28.3. The molecule has 2 N–H and O–H groups in total. The molecule has 0 radical (unpaired) electrons. The zero-order chi connectivity index (χ0) is 26.0. The maximum atomic E-state index is 14.1. The van der Waals surface area contributed by atoms with Gasteiger partial charge in [0.25, 0.3) is 0 Å². The molecule has 2 aliphatic rings. The van der Waals surface area contributed by atoms with Gasteiger partial charge in [0.05, 0.1) is 28.4 Å². The van der Waals surface area contributed by atoms with Crippen molar-refractivity contribution >= 4 is 17.6 Å². The van der Waals surface area contributed by atoms with E-state index in [4.69, 9.17) is 0 Å². The molecule has 0 atom stereocenters. The maximum absolute atomic E-state index is 14.1. The number of hydrogen-bond acceptors (Lipinski definition) is 6. The number of aromatic hydroxyl groups is 1. The van der Waals surface area contributed by atoms with E-state index < -0.39 is 16.8 Å². The summed E-state index contributed by atoms with van der Waals surface area (Å²) in [5.74, 6) is -0.546. The lowest BCUT2D eigenvalue weighted by Crippen LogP contribution is -2.55. The predicted octanol–water partition coefficient (Wildman–Crippen LogP) is 4.10. The Morgan fingerprint density at radius 3 is 2.19 bits per heavy atom. The van der Waals surface area contributed by atoms with E-state index in [9.17, 15) is 19.8 Å². The van der Waals surface area contributed by atoms with Crippen LogP contribution in [0.3, 0.4) is 0 Å². The first kappa shape index (κ1) is 24.7. The summed E-state index contributed by atoms with van der Waals surface area (Å²) in [7, 11) is 0. The van der Waals surface area contributed by atoms with Crippen molar-refractivity contribution in [3.05, 3.63) is 72.4 Å². The molecule has 2 saturated heterocycles. The first-order chi connectivity index (χ1) is 17.8. The molecule has 2 fully saturated rings. The van der Waals surface area contributed by atoms with Crippen molar-refractivity contribution in [2.75, 3.05) is 31.1 Å². The first-order valence-electron chi connectivity index (χ1n) is 12.8. The third kappa shape index (κ3) is 4.63. The van der Waals surface area contributed by atoms with Gasteiger partial charge < -0.3 is 20.0 Å². The van der Waals surface area contributed by atoms with E-state index in [0.29, 0.717) is 63.1 Å². The van der Waals surface area contributed by atoms with Gasteiger partial charge >= 0.3 is 5.97 Å². The molecule has 192 valence electrons. The number of phenols is 1. The normalized spacial score (nSPS) is 18.8. The van der Waals surface area contributed by atoms with Crippen LogP contribution in [0, 0.1) is 5.41 Å². The zero-order valence-electron chi connectivity index (χ0n) is 21.0. The monoisotopic (exact) mass is 500 g/mol. The summed E-state index contributed by atoms with van der Waals surface area (Å²) in [4.78, 5) is 29.9. The standard InChI is InChI=1S/C29H32N4O4/c1-28(27(36)37)11-15-33(16-12-28)26(35)29(21-7-3-2-4-8-21)13-17-32(18-14-29)22-19-24(31-30-20-22)23-9-5-6-10-25(23)34/h2-10,19-20,34H,11-18H2,1H3,(H,36,37). The minimum absolute atomic E-state index is 0.0912. The average Bonchev–Trinajstić information content (AvgIpc) is 2.94. The minimum Gasteiger partial charge on any atom is -0.507 e. The lowest BCUT2D eigenvalue weighted by molar-refractivity contribution is -0.154. The van der Waals surface area contributed by atoms with Gasteiger partial charge in [0, 0.05) is 31.7 Å². The highest BCUT2D eigenvalue weighted by Crippen LogP contribution is 2.41. The van der Waals surface area contributed by atoms with E-state index in [1.807, 2.05) is 53.4 Å². The van der Waals surface area contributed by atoms with E-state index in [1.54, 1.807) is 25.3 Å². The van der Waals surface area contributed by atoms with Crippen LogP contribution in [0.25, 0.3) is 11.3 Å². The Balaban J connectivity index is 1.37. The van der Waals surface area contributed by atoms with E-state index >= 15 is 0 Å². The number of aliphatic carboxylic acids is 1. The van der Waals surface area contributed by atoms with Crippen molar-refractivity contribution < 1.29 is 19.8 Å². The number of nitrogens with zero attached hydrogens (tertiary/aromatic N) is 4. The highest BCUT2D eigenvalue weighted by molar-refractivity contribution is 5.89. The Morgan fingerprint density at radius 1 is 0.892 bits per heavy atom. The second-order valence-corrected chi connectivity index (χ2v) is 10.4. The molecule has 3 heterocycles. The van der Waals surface area contributed by atoms with Crippen LogP contribution < -0.4 is 4.90 Å². The van der Waals surface area contributed by atoms with Crippen molar-refractivity contribution in [3.63, 3.8) is 0 Å². The molecule has 2 aliphatic heterocycles. The molecule has 1 aromatic heterocycles. The number of phenolic OH excluding ortho intramolecular Hbond substituents is 1. The van der Waals surface area contributed by atoms with Gasteiger partial charge in [-0.05, 0) is 56.4 Å². The van der Waals surface area contributed by atoms with Crippen molar-refractivity contribution in [1.29, 1.82) is 0 Å². The van der Waals surface area contributed by atoms with E-state index in [2.05, 4.69) is 15.1 Å². The number of hydrogen-bond donors (Lipinski definition) is 2. The largest absolute Gasteiger partial charge is 0.507 e. The summed E-state index contributed by atoms with van der Waals surface area (Å²) in [6.07, 6.45) is 3.91. The zero-order valence-corrected chi connectivity index (χ0v) is 21.0. The lowest BCUT2D eigenvalue weighted by atomic mass is 9.70. The van der Waals surface area contributed by atoms with Crippen LogP contribution in [0.1, 0.15) is 38.2 Å². The molecule has 8 nitrogen and oxygen atoms in total. The van der Waals surface area contributed by atoms with E-state index in [0.717, 1.165) is 11.3 Å². The average molecular weight is 501 g/mol. The van der Waals surface area contributed by atoms with Crippen LogP contribution in [0.4, 0.5) is 5.69 Å². The van der Waals surface area contributed by atoms with Gasteiger partial charge in [0.2, 0.25) is 5.91 Å². The number of carbonyl (C=O) groups is 2. The molecular formula is C29H32N4O4. The number of piperidine rings is 2. The number of carboxylic acid groups (broad SMARTS) is 1. The molecule has 0 spiro atoms. The van der Waals surface area contributed by atoms with Crippen molar-refractivity contribution in [3.8, 4) is 17.0 Å². The molecule has 0 aliphatic carbocycles. The fraction of sp³-hybridized carbons (Fsp3) is 0.379. The Hall–Kier alpha value is -3.94. The van der Waals surface area contributed by atoms with Crippen LogP contribution in [-0.4, -0.2) is 63.4 Å². The molecule has 5 rings (SSSR count). The maximum Gasteiger partial charge on any atom is 0.309 e. The summed E-state index contributed by atoms with van der Waals surface area (Å²) in [5.41, 5.74) is 1.70. The number of rotatable bonds is 5. The highest BCUT2D eigenvalue weighted by atomic mass is 16.4. The Kier molecular flexibility index (Phi) is 6.58. The van der Waals surface area contributed by atoms with E-state index in [-0.39, 0.29) is 11.7 Å². The topological polar surface area (TPSA) is 107 Å². The number of aromatic nitrogens is 2. The quantitative estimate of drug-likeness (QED) is 0.543. The number of likely N-dealkylation sites (tertiary alicyclic amines) is 1. The molecule has 2 aromatic carbocycles. The third-order valence-corrected chi connectivity index (χ3v) is 8.21. The predicted molar refractivity (Wildman–Crippen MR) is 140 cm³/mol. The third-order valence-electron chi connectivity index (χ3n) is 8.21. The Morgan fingerprint density at radius 2 is 1.54 bits per heavy atom. The number of amides is 1. The van der Waals surface area contributed by atoms with Crippen LogP contribution in [0.5, 0.6) is 5.75 Å². The first-order valence-corrected chi connectivity index (χ1v) is 12.8.